The maximum atomic E-state index is 5.08. The molecule has 0 aromatic carbocycles. The van der Waals surface area contributed by atoms with E-state index in [2.05, 4.69) is 37.2 Å². The Morgan fingerprint density at radius 2 is 2.10 bits per heavy atom. The maximum absolute atomic E-state index is 5.08. The van der Waals surface area contributed by atoms with Crippen LogP contribution < -0.4 is 5.49 Å². The van der Waals surface area contributed by atoms with Gasteiger partial charge in [0.25, 0.3) is 0 Å². The molecule has 0 unspecified atom stereocenters. The van der Waals surface area contributed by atoms with Crippen molar-refractivity contribution in [2.45, 2.75) is 13.1 Å². The molecule has 4 rings (SSSR count). The van der Waals surface area contributed by atoms with Crippen LogP contribution >= 0.6 is 0 Å². The number of fused-ring (bicyclic) bond motifs is 1. The van der Waals surface area contributed by atoms with Crippen molar-refractivity contribution in [1.29, 1.82) is 0 Å². The lowest BCUT2D eigenvalue weighted by Crippen LogP contribution is -2.17. The standard InChI is InChI=1S/C18H20N10O/c1-19-16-5-4-13(10-27(16)20-2)11-28-18-17(24-25-28)21-9-15(23-18)14-8-22-26(12-14)6-7-29-3/h4-5,8-10,12H,2,6-7,11H2,1,3H3. The highest BCUT2D eigenvalue weighted by molar-refractivity contribution is 5.69. The Morgan fingerprint density at radius 1 is 1.21 bits per heavy atom. The second kappa shape index (κ2) is 8.10. The van der Waals surface area contributed by atoms with Gasteiger partial charge in [0.2, 0.25) is 5.65 Å². The van der Waals surface area contributed by atoms with Gasteiger partial charge in [-0.1, -0.05) is 11.3 Å². The Morgan fingerprint density at radius 3 is 2.90 bits per heavy atom. The average molecular weight is 392 g/mol. The summed E-state index contributed by atoms with van der Waals surface area (Å²) in [5.74, 6) is 0. The van der Waals surface area contributed by atoms with Crippen LogP contribution in [0, 0.1) is 0 Å². The van der Waals surface area contributed by atoms with Gasteiger partial charge in [-0.15, -0.1) is 5.10 Å². The van der Waals surface area contributed by atoms with E-state index in [1.54, 1.807) is 35.9 Å². The zero-order valence-corrected chi connectivity index (χ0v) is 16.2. The second-order valence-corrected chi connectivity index (χ2v) is 6.24. The Labute approximate surface area is 166 Å². The van der Waals surface area contributed by atoms with E-state index in [1.165, 1.54) is 0 Å². The highest BCUT2D eigenvalue weighted by atomic mass is 16.5. The molecule has 4 heterocycles. The van der Waals surface area contributed by atoms with Crippen LogP contribution in [0.4, 0.5) is 0 Å². The Bertz CT molecular complexity index is 1220. The van der Waals surface area contributed by atoms with Crippen molar-refractivity contribution in [3.05, 3.63) is 48.0 Å². The Balaban J connectivity index is 1.65. The molecule has 4 aromatic heterocycles. The van der Waals surface area contributed by atoms with Crippen LogP contribution in [0.15, 0.2) is 47.0 Å². The van der Waals surface area contributed by atoms with Crippen molar-refractivity contribution in [2.24, 2.45) is 10.1 Å². The molecule has 0 aliphatic rings. The lowest BCUT2D eigenvalue weighted by Gasteiger charge is -2.05. The lowest BCUT2D eigenvalue weighted by molar-refractivity contribution is 0.183. The third-order valence-corrected chi connectivity index (χ3v) is 4.36. The minimum Gasteiger partial charge on any atom is -0.383 e. The largest absolute Gasteiger partial charge is 0.383 e. The van der Waals surface area contributed by atoms with Crippen LogP contribution in [0.3, 0.4) is 0 Å². The smallest absolute Gasteiger partial charge is 0.221 e. The third kappa shape index (κ3) is 3.80. The van der Waals surface area contributed by atoms with Gasteiger partial charge in [-0.05, 0) is 11.6 Å². The van der Waals surface area contributed by atoms with Crippen molar-refractivity contribution in [3.8, 4) is 11.3 Å². The van der Waals surface area contributed by atoms with Gasteiger partial charge in [-0.25, -0.2) is 19.3 Å². The topological polar surface area (TPSA) is 113 Å². The fraction of sp³-hybridized carbons (Fsp3) is 0.278. The molecule has 0 atom stereocenters. The molecule has 0 N–H and O–H groups in total. The van der Waals surface area contributed by atoms with Crippen LogP contribution in [-0.4, -0.2) is 66.9 Å². The number of nitrogens with zero attached hydrogens (tertiary/aromatic N) is 10. The number of rotatable bonds is 7. The highest BCUT2D eigenvalue weighted by Gasteiger charge is 2.12. The molecule has 0 aliphatic heterocycles. The van der Waals surface area contributed by atoms with E-state index in [-0.39, 0.29) is 0 Å². The predicted octanol–water partition coefficient (Wildman–Crippen LogP) is 0.575. The molecule has 0 aliphatic carbocycles. The van der Waals surface area contributed by atoms with E-state index < -0.39 is 0 Å². The summed E-state index contributed by atoms with van der Waals surface area (Å²) in [5, 5.41) is 16.6. The first-order chi connectivity index (χ1) is 14.2. The fourth-order valence-corrected chi connectivity index (χ4v) is 2.88. The number of aromatic nitrogens is 8. The molecule has 0 saturated heterocycles. The molecule has 0 spiro atoms. The molecule has 11 heteroatoms. The third-order valence-electron chi connectivity index (χ3n) is 4.36. The van der Waals surface area contributed by atoms with Crippen LogP contribution in [0.25, 0.3) is 22.6 Å². The highest BCUT2D eigenvalue weighted by Crippen LogP contribution is 2.18. The monoisotopic (exact) mass is 392 g/mol. The van der Waals surface area contributed by atoms with Crippen LogP contribution in [-0.2, 0) is 17.8 Å². The van der Waals surface area contributed by atoms with Crippen LogP contribution in [0.5, 0.6) is 0 Å². The van der Waals surface area contributed by atoms with Crippen molar-refractivity contribution in [1.82, 2.24) is 39.4 Å². The van der Waals surface area contributed by atoms with Gasteiger partial charge in [-0.3, -0.25) is 9.67 Å². The van der Waals surface area contributed by atoms with Gasteiger partial charge in [0.05, 0.1) is 37.8 Å². The van der Waals surface area contributed by atoms with E-state index in [0.717, 1.165) is 11.1 Å². The van der Waals surface area contributed by atoms with Crippen LogP contribution in [0.1, 0.15) is 5.56 Å². The summed E-state index contributed by atoms with van der Waals surface area (Å²) in [6.45, 7) is 5.29. The van der Waals surface area contributed by atoms with Crippen molar-refractivity contribution in [2.75, 3.05) is 20.8 Å². The van der Waals surface area contributed by atoms with Crippen molar-refractivity contribution in [3.63, 3.8) is 0 Å². The van der Waals surface area contributed by atoms with Gasteiger partial charge in [0, 0.05) is 38.8 Å². The van der Waals surface area contributed by atoms with E-state index >= 15 is 0 Å². The fourth-order valence-electron chi connectivity index (χ4n) is 2.88. The van der Waals surface area contributed by atoms with E-state index in [9.17, 15) is 0 Å². The van der Waals surface area contributed by atoms with Crippen molar-refractivity contribution >= 4 is 18.0 Å². The number of hydrogen-bond donors (Lipinski definition) is 0. The summed E-state index contributed by atoms with van der Waals surface area (Å²) < 4.78 is 10.2. The first-order valence-corrected chi connectivity index (χ1v) is 8.91. The van der Waals surface area contributed by atoms with Gasteiger partial charge in [-0.2, -0.15) is 10.2 Å². The molecule has 0 bridgehead atoms. The molecular weight excluding hydrogens is 372 g/mol. The Kier molecular flexibility index (Phi) is 5.20. The molecule has 11 nitrogen and oxygen atoms in total. The Hall–Kier alpha value is -3.73. The molecule has 4 aromatic rings. The van der Waals surface area contributed by atoms with E-state index in [1.807, 2.05) is 29.2 Å². The number of hydrogen-bond acceptors (Lipinski definition) is 8. The molecule has 0 radical (unpaired) electrons. The summed E-state index contributed by atoms with van der Waals surface area (Å²) in [5.41, 5.74) is 4.31. The van der Waals surface area contributed by atoms with Gasteiger partial charge in [0.15, 0.2) is 5.65 Å². The molecule has 29 heavy (non-hydrogen) atoms. The number of ether oxygens (including phenoxy) is 1. The zero-order chi connectivity index (χ0) is 20.2. The molecule has 0 saturated carbocycles. The average Bonchev–Trinajstić information content (AvgIpc) is 3.39. The summed E-state index contributed by atoms with van der Waals surface area (Å²) in [6, 6.07) is 3.82. The minimum atomic E-state index is 0.460. The van der Waals surface area contributed by atoms with E-state index in [0.29, 0.717) is 42.2 Å². The second-order valence-electron chi connectivity index (χ2n) is 6.24. The maximum Gasteiger partial charge on any atom is 0.221 e. The normalized spacial score (nSPS) is 12.0. The number of methoxy groups -OCH3 is 1. The van der Waals surface area contributed by atoms with Gasteiger partial charge >= 0.3 is 0 Å². The van der Waals surface area contributed by atoms with Gasteiger partial charge in [0.1, 0.15) is 5.49 Å². The van der Waals surface area contributed by atoms with Crippen molar-refractivity contribution < 1.29 is 4.74 Å². The zero-order valence-electron chi connectivity index (χ0n) is 16.2. The quantitative estimate of drug-likeness (QED) is 0.425. The minimum absolute atomic E-state index is 0.460. The number of pyridine rings is 1. The SMILES string of the molecule is C=Nn1cc(Cn2nnc3ncc(-c4cnn(CCOC)c4)nc32)ccc1=NC. The summed E-state index contributed by atoms with van der Waals surface area (Å²) in [7, 11) is 3.37. The summed E-state index contributed by atoms with van der Waals surface area (Å²) >= 11 is 0. The first-order valence-electron chi connectivity index (χ1n) is 8.91. The molecule has 148 valence electrons. The molecular formula is C18H20N10O. The molecule has 0 fully saturated rings. The predicted molar refractivity (Wildman–Crippen MR) is 106 cm³/mol. The van der Waals surface area contributed by atoms with E-state index in [4.69, 9.17) is 9.72 Å². The van der Waals surface area contributed by atoms with Gasteiger partial charge < -0.3 is 4.74 Å². The first kappa shape index (κ1) is 18.6. The summed E-state index contributed by atoms with van der Waals surface area (Å²) in [6.07, 6.45) is 7.19. The van der Waals surface area contributed by atoms with Crippen LogP contribution in [0.2, 0.25) is 0 Å². The molecule has 0 amide bonds. The lowest BCUT2D eigenvalue weighted by atomic mass is 10.2. The summed E-state index contributed by atoms with van der Waals surface area (Å²) in [4.78, 5) is 13.2.